The molecule has 0 fully saturated rings. The first-order valence-corrected chi connectivity index (χ1v) is 7.24. The second-order valence-electron chi connectivity index (χ2n) is 3.83. The van der Waals surface area contributed by atoms with E-state index < -0.39 is 0 Å². The molecule has 0 bridgehead atoms. The Morgan fingerprint density at radius 1 is 1.28 bits per heavy atom. The third-order valence-electron chi connectivity index (χ3n) is 2.35. The van der Waals surface area contributed by atoms with Gasteiger partial charge in [0.2, 0.25) is 0 Å². The first kappa shape index (κ1) is 13.5. The largest absolute Gasteiger partial charge is 0.446 e. The Morgan fingerprint density at radius 2 is 2.06 bits per heavy atom. The first-order chi connectivity index (χ1) is 8.61. The number of nitrogens with zero attached hydrogens (tertiary/aromatic N) is 2. The van der Waals surface area contributed by atoms with Crippen molar-refractivity contribution in [2.24, 2.45) is 0 Å². The lowest BCUT2D eigenvalue weighted by molar-refractivity contribution is 0.551. The molecule has 0 amide bonds. The van der Waals surface area contributed by atoms with Gasteiger partial charge in [-0.05, 0) is 57.3 Å². The smallest absolute Gasteiger partial charge is 0.197 e. The van der Waals surface area contributed by atoms with Crippen LogP contribution in [0.4, 0.5) is 5.82 Å². The van der Waals surface area contributed by atoms with Crippen LogP contribution in [0.1, 0.15) is 19.0 Å². The minimum Gasteiger partial charge on any atom is -0.446 e. The highest BCUT2D eigenvalue weighted by Crippen LogP contribution is 2.28. The molecule has 0 aliphatic carbocycles. The molecule has 18 heavy (non-hydrogen) atoms. The van der Waals surface area contributed by atoms with Gasteiger partial charge in [-0.25, -0.2) is 9.97 Å². The molecule has 2 heterocycles. The third-order valence-corrected chi connectivity index (χ3v) is 3.73. The van der Waals surface area contributed by atoms with Gasteiger partial charge >= 0.3 is 0 Å². The molecule has 4 nitrogen and oxygen atoms in total. The van der Waals surface area contributed by atoms with Crippen LogP contribution in [0.2, 0.25) is 0 Å². The summed E-state index contributed by atoms with van der Waals surface area (Å²) < 4.78 is 7.04. The van der Waals surface area contributed by atoms with E-state index in [4.69, 9.17) is 4.42 Å². The standard InChI is InChI=1S/C12H13Br2N3O/c1-3-6-15-12-10(14)7(2)16-11(17-12)8-4-5-9(13)18-8/h4-5H,3,6H2,1-2H3,(H,15,16,17). The lowest BCUT2D eigenvalue weighted by atomic mass is 10.3. The number of rotatable bonds is 4. The monoisotopic (exact) mass is 373 g/mol. The van der Waals surface area contributed by atoms with Crippen molar-refractivity contribution in [1.29, 1.82) is 0 Å². The summed E-state index contributed by atoms with van der Waals surface area (Å²) in [5.41, 5.74) is 0.881. The second kappa shape index (κ2) is 5.84. The quantitative estimate of drug-likeness (QED) is 0.861. The van der Waals surface area contributed by atoms with E-state index in [-0.39, 0.29) is 0 Å². The highest BCUT2D eigenvalue weighted by atomic mass is 79.9. The van der Waals surface area contributed by atoms with Crippen LogP contribution in [0, 0.1) is 6.92 Å². The van der Waals surface area contributed by atoms with E-state index in [1.165, 1.54) is 0 Å². The maximum absolute atomic E-state index is 5.47. The van der Waals surface area contributed by atoms with Gasteiger partial charge in [-0.15, -0.1) is 0 Å². The number of aromatic nitrogens is 2. The van der Waals surface area contributed by atoms with E-state index >= 15 is 0 Å². The molecule has 0 atom stereocenters. The molecular formula is C12H13Br2N3O. The molecule has 6 heteroatoms. The maximum Gasteiger partial charge on any atom is 0.197 e. The lowest BCUT2D eigenvalue weighted by Gasteiger charge is -2.09. The van der Waals surface area contributed by atoms with Gasteiger partial charge in [0.05, 0.1) is 10.2 Å². The number of hydrogen-bond donors (Lipinski definition) is 1. The van der Waals surface area contributed by atoms with E-state index in [9.17, 15) is 0 Å². The molecule has 0 aromatic carbocycles. The highest BCUT2D eigenvalue weighted by Gasteiger charge is 2.12. The van der Waals surface area contributed by atoms with Crippen LogP contribution in [0.15, 0.2) is 25.7 Å². The molecule has 96 valence electrons. The molecular weight excluding hydrogens is 362 g/mol. The van der Waals surface area contributed by atoms with Crippen LogP contribution in [0.5, 0.6) is 0 Å². The molecule has 0 aliphatic rings. The Hall–Kier alpha value is -0.880. The van der Waals surface area contributed by atoms with E-state index in [0.717, 1.165) is 29.0 Å². The Bertz CT molecular complexity index is 554. The molecule has 0 saturated carbocycles. The SMILES string of the molecule is CCCNc1nc(-c2ccc(Br)o2)nc(C)c1Br. The fraction of sp³-hybridized carbons (Fsp3) is 0.333. The Balaban J connectivity index is 2.40. The number of hydrogen-bond acceptors (Lipinski definition) is 4. The second-order valence-corrected chi connectivity index (χ2v) is 5.40. The highest BCUT2D eigenvalue weighted by molar-refractivity contribution is 9.10. The zero-order chi connectivity index (χ0) is 13.1. The molecule has 2 aromatic rings. The number of anilines is 1. The molecule has 1 N–H and O–H groups in total. The minimum absolute atomic E-state index is 0.583. The van der Waals surface area contributed by atoms with E-state index in [0.29, 0.717) is 16.3 Å². The van der Waals surface area contributed by atoms with Gasteiger partial charge in [-0.3, -0.25) is 0 Å². The predicted octanol–water partition coefficient (Wildman–Crippen LogP) is 4.39. The van der Waals surface area contributed by atoms with Crippen LogP contribution >= 0.6 is 31.9 Å². The third kappa shape index (κ3) is 2.92. The average Bonchev–Trinajstić information content (AvgIpc) is 2.77. The summed E-state index contributed by atoms with van der Waals surface area (Å²) in [7, 11) is 0. The maximum atomic E-state index is 5.47. The van der Waals surface area contributed by atoms with Crippen LogP contribution < -0.4 is 5.32 Å². The van der Waals surface area contributed by atoms with Gasteiger partial charge in [0.25, 0.3) is 0 Å². The Morgan fingerprint density at radius 3 is 2.67 bits per heavy atom. The summed E-state index contributed by atoms with van der Waals surface area (Å²) in [6.45, 7) is 4.92. The summed E-state index contributed by atoms with van der Waals surface area (Å²) in [4.78, 5) is 8.88. The van der Waals surface area contributed by atoms with Crippen LogP contribution in [-0.2, 0) is 0 Å². The van der Waals surface area contributed by atoms with Crippen LogP contribution in [0.25, 0.3) is 11.6 Å². The van der Waals surface area contributed by atoms with Crippen molar-refractivity contribution in [3.05, 3.63) is 27.0 Å². The van der Waals surface area contributed by atoms with Gasteiger partial charge in [0.15, 0.2) is 16.3 Å². The van der Waals surface area contributed by atoms with Crippen LogP contribution in [0.3, 0.4) is 0 Å². The van der Waals surface area contributed by atoms with E-state index in [1.807, 2.05) is 19.1 Å². The number of halogens is 2. The minimum atomic E-state index is 0.583. The van der Waals surface area contributed by atoms with Gasteiger partial charge in [-0.1, -0.05) is 6.92 Å². The summed E-state index contributed by atoms with van der Waals surface area (Å²) in [5, 5.41) is 3.27. The first-order valence-electron chi connectivity index (χ1n) is 5.65. The molecule has 2 rings (SSSR count). The Labute approximate surface area is 122 Å². The predicted molar refractivity (Wildman–Crippen MR) is 78.7 cm³/mol. The van der Waals surface area contributed by atoms with Crippen molar-refractivity contribution >= 4 is 37.7 Å². The molecule has 0 saturated heterocycles. The topological polar surface area (TPSA) is 51.0 Å². The Kier molecular flexibility index (Phi) is 4.40. The zero-order valence-electron chi connectivity index (χ0n) is 10.1. The molecule has 0 unspecified atom stereocenters. The number of aryl methyl sites for hydroxylation is 1. The van der Waals surface area contributed by atoms with Gasteiger partial charge < -0.3 is 9.73 Å². The van der Waals surface area contributed by atoms with Gasteiger partial charge in [0, 0.05) is 6.54 Å². The van der Waals surface area contributed by atoms with Crippen molar-refractivity contribution in [1.82, 2.24) is 9.97 Å². The van der Waals surface area contributed by atoms with Crippen molar-refractivity contribution in [3.63, 3.8) is 0 Å². The van der Waals surface area contributed by atoms with E-state index in [1.54, 1.807) is 0 Å². The fourth-order valence-corrected chi connectivity index (χ4v) is 2.09. The molecule has 0 radical (unpaired) electrons. The summed E-state index contributed by atoms with van der Waals surface area (Å²) >= 11 is 6.77. The normalized spacial score (nSPS) is 10.7. The summed E-state index contributed by atoms with van der Waals surface area (Å²) in [5.74, 6) is 2.03. The van der Waals surface area contributed by atoms with Crippen LogP contribution in [-0.4, -0.2) is 16.5 Å². The lowest BCUT2D eigenvalue weighted by Crippen LogP contribution is -2.05. The van der Waals surface area contributed by atoms with Gasteiger partial charge in [-0.2, -0.15) is 0 Å². The molecule has 0 spiro atoms. The summed E-state index contributed by atoms with van der Waals surface area (Å²) in [6.07, 6.45) is 1.04. The number of furan rings is 1. The molecule has 2 aromatic heterocycles. The van der Waals surface area contributed by atoms with Crippen molar-refractivity contribution in [3.8, 4) is 11.6 Å². The van der Waals surface area contributed by atoms with Crippen molar-refractivity contribution < 1.29 is 4.42 Å². The summed E-state index contributed by atoms with van der Waals surface area (Å²) in [6, 6.07) is 3.67. The molecule has 0 aliphatic heterocycles. The van der Waals surface area contributed by atoms with E-state index in [2.05, 4.69) is 54.1 Å². The van der Waals surface area contributed by atoms with Crippen molar-refractivity contribution in [2.75, 3.05) is 11.9 Å². The van der Waals surface area contributed by atoms with Gasteiger partial charge in [0.1, 0.15) is 5.82 Å². The zero-order valence-corrected chi connectivity index (χ0v) is 13.3. The number of nitrogens with one attached hydrogen (secondary N) is 1. The fourth-order valence-electron chi connectivity index (χ4n) is 1.46. The average molecular weight is 375 g/mol. The van der Waals surface area contributed by atoms with Crippen molar-refractivity contribution in [2.45, 2.75) is 20.3 Å².